The highest BCUT2D eigenvalue weighted by Gasteiger charge is 2.40. The van der Waals surface area contributed by atoms with E-state index in [-0.39, 0.29) is 12.0 Å². The third-order valence-corrected chi connectivity index (χ3v) is 3.63. The number of fused-ring (bicyclic) bond motifs is 1. The maximum Gasteiger partial charge on any atom is 0.419 e. The second-order valence-corrected chi connectivity index (χ2v) is 5.17. The summed E-state index contributed by atoms with van der Waals surface area (Å²) < 4.78 is 44.7. The molecule has 3 nitrogen and oxygen atoms in total. The van der Waals surface area contributed by atoms with Gasteiger partial charge in [0.05, 0.1) is 12.2 Å². The van der Waals surface area contributed by atoms with Crippen molar-refractivity contribution < 1.29 is 22.7 Å². The van der Waals surface area contributed by atoms with Crippen LogP contribution in [0.5, 0.6) is 0 Å². The average Bonchev–Trinajstić information content (AvgIpc) is 3.16. The van der Waals surface area contributed by atoms with Gasteiger partial charge in [0.15, 0.2) is 0 Å². The fourth-order valence-electron chi connectivity index (χ4n) is 2.53. The summed E-state index contributed by atoms with van der Waals surface area (Å²) in [5.74, 6) is -0.634. The first-order valence-corrected chi connectivity index (χ1v) is 6.81. The van der Waals surface area contributed by atoms with Crippen LogP contribution in [0.25, 0.3) is 10.9 Å². The second-order valence-electron chi connectivity index (χ2n) is 5.17. The van der Waals surface area contributed by atoms with E-state index in [0.717, 1.165) is 18.4 Å². The molecule has 1 heterocycles. The van der Waals surface area contributed by atoms with Crippen LogP contribution in [0, 0.1) is 0 Å². The molecule has 1 aliphatic rings. The van der Waals surface area contributed by atoms with Gasteiger partial charge in [-0.05, 0) is 43.4 Å². The standard InChI is InChI=1S/C15H14F3NO2/c1-2-21-14(20)13-12(15(16,17)18)10-7-9(8-3-4-8)5-6-11(10)19-13/h5-8,19H,2-4H2,1H3. The zero-order chi connectivity index (χ0) is 15.2. The van der Waals surface area contributed by atoms with Gasteiger partial charge < -0.3 is 9.72 Å². The highest BCUT2D eigenvalue weighted by Crippen LogP contribution is 2.43. The number of carbonyl (C=O) groups excluding carboxylic acids is 1. The second kappa shape index (κ2) is 4.79. The molecule has 0 spiro atoms. The maximum absolute atomic E-state index is 13.3. The van der Waals surface area contributed by atoms with Gasteiger partial charge in [0, 0.05) is 10.9 Å². The number of aromatic amines is 1. The Bertz CT molecular complexity index is 699. The quantitative estimate of drug-likeness (QED) is 0.861. The number of alkyl halides is 3. The van der Waals surface area contributed by atoms with E-state index in [1.165, 1.54) is 6.07 Å². The highest BCUT2D eigenvalue weighted by molar-refractivity contribution is 5.99. The first kappa shape index (κ1) is 14.0. The molecule has 1 fully saturated rings. The van der Waals surface area contributed by atoms with Crippen molar-refractivity contribution in [1.29, 1.82) is 0 Å². The van der Waals surface area contributed by atoms with Gasteiger partial charge in [-0.15, -0.1) is 0 Å². The van der Waals surface area contributed by atoms with E-state index < -0.39 is 23.4 Å². The topological polar surface area (TPSA) is 42.1 Å². The van der Waals surface area contributed by atoms with Gasteiger partial charge in [-0.1, -0.05) is 6.07 Å². The molecule has 112 valence electrons. The molecule has 6 heteroatoms. The van der Waals surface area contributed by atoms with Crippen LogP contribution < -0.4 is 0 Å². The van der Waals surface area contributed by atoms with Crippen LogP contribution in [0.2, 0.25) is 0 Å². The summed E-state index contributed by atoms with van der Waals surface area (Å²) in [7, 11) is 0. The van der Waals surface area contributed by atoms with Gasteiger partial charge in [0.1, 0.15) is 5.69 Å². The summed E-state index contributed by atoms with van der Waals surface area (Å²) in [5.41, 5.74) is -0.261. The minimum absolute atomic E-state index is 0.0266. The summed E-state index contributed by atoms with van der Waals surface area (Å²) in [4.78, 5) is 14.3. The molecule has 1 saturated carbocycles. The number of rotatable bonds is 3. The van der Waals surface area contributed by atoms with Crippen LogP contribution in [0.1, 0.15) is 47.3 Å². The number of aromatic nitrogens is 1. The number of halogens is 3. The van der Waals surface area contributed by atoms with Crippen LogP contribution in [0.4, 0.5) is 13.2 Å². The van der Waals surface area contributed by atoms with Crippen molar-refractivity contribution in [3.63, 3.8) is 0 Å². The Kier molecular flexibility index (Phi) is 3.19. The van der Waals surface area contributed by atoms with E-state index in [4.69, 9.17) is 4.74 Å². The molecule has 0 amide bonds. The number of esters is 1. The Morgan fingerprint density at radius 1 is 1.38 bits per heavy atom. The average molecular weight is 297 g/mol. The Morgan fingerprint density at radius 3 is 2.67 bits per heavy atom. The molecule has 2 aromatic rings. The molecule has 0 saturated heterocycles. The molecule has 3 rings (SSSR count). The monoisotopic (exact) mass is 297 g/mol. The lowest BCUT2D eigenvalue weighted by molar-refractivity contribution is -0.136. The number of H-pyrrole nitrogens is 1. The summed E-state index contributed by atoms with van der Waals surface area (Å²) in [6.45, 7) is 1.58. The lowest BCUT2D eigenvalue weighted by atomic mass is 10.0. The van der Waals surface area contributed by atoms with Crippen molar-refractivity contribution >= 4 is 16.9 Å². The molecule has 0 radical (unpaired) electrons. The van der Waals surface area contributed by atoms with Crippen molar-refractivity contribution in [1.82, 2.24) is 4.98 Å². The molecule has 21 heavy (non-hydrogen) atoms. The summed E-state index contributed by atoms with van der Waals surface area (Å²) in [6, 6.07) is 4.95. The van der Waals surface area contributed by atoms with Crippen LogP contribution in [0.15, 0.2) is 18.2 Å². The zero-order valence-electron chi connectivity index (χ0n) is 11.4. The van der Waals surface area contributed by atoms with Crippen LogP contribution >= 0.6 is 0 Å². The predicted octanol–water partition coefficient (Wildman–Crippen LogP) is 4.24. The summed E-state index contributed by atoms with van der Waals surface area (Å²) >= 11 is 0. The molecular formula is C15H14F3NO2. The van der Waals surface area contributed by atoms with Crippen LogP contribution in [-0.2, 0) is 10.9 Å². The van der Waals surface area contributed by atoms with Crippen molar-refractivity contribution in [2.24, 2.45) is 0 Å². The lowest BCUT2D eigenvalue weighted by Gasteiger charge is -2.08. The minimum atomic E-state index is -4.61. The van der Waals surface area contributed by atoms with E-state index in [9.17, 15) is 18.0 Å². The molecule has 0 aliphatic heterocycles. The molecule has 1 aliphatic carbocycles. The van der Waals surface area contributed by atoms with Crippen molar-refractivity contribution in [3.8, 4) is 0 Å². The number of nitrogens with one attached hydrogen (secondary N) is 1. The molecule has 0 unspecified atom stereocenters. The smallest absolute Gasteiger partial charge is 0.419 e. The third kappa shape index (κ3) is 2.50. The van der Waals surface area contributed by atoms with Gasteiger partial charge in [-0.2, -0.15) is 13.2 Å². The van der Waals surface area contributed by atoms with Crippen molar-refractivity contribution in [2.75, 3.05) is 6.61 Å². The van der Waals surface area contributed by atoms with E-state index in [0.29, 0.717) is 11.4 Å². The van der Waals surface area contributed by atoms with E-state index in [2.05, 4.69) is 4.98 Å². The normalized spacial score (nSPS) is 15.4. The Hall–Kier alpha value is -1.98. The van der Waals surface area contributed by atoms with Gasteiger partial charge in [0.25, 0.3) is 0 Å². The highest BCUT2D eigenvalue weighted by atomic mass is 19.4. The van der Waals surface area contributed by atoms with Gasteiger partial charge >= 0.3 is 12.1 Å². The summed E-state index contributed by atoms with van der Waals surface area (Å²) in [5, 5.41) is 0.0370. The SMILES string of the molecule is CCOC(=O)c1[nH]c2ccc(C3CC3)cc2c1C(F)(F)F. The minimum Gasteiger partial charge on any atom is -0.461 e. The van der Waals surface area contributed by atoms with E-state index >= 15 is 0 Å². The first-order valence-electron chi connectivity index (χ1n) is 6.81. The van der Waals surface area contributed by atoms with Gasteiger partial charge in [0.2, 0.25) is 0 Å². The van der Waals surface area contributed by atoms with Crippen molar-refractivity contribution in [2.45, 2.75) is 31.9 Å². The number of benzene rings is 1. The van der Waals surface area contributed by atoms with Crippen molar-refractivity contribution in [3.05, 3.63) is 35.0 Å². The number of ether oxygens (including phenoxy) is 1. The Balaban J connectivity index is 2.20. The van der Waals surface area contributed by atoms with Gasteiger partial charge in [-0.25, -0.2) is 4.79 Å². The number of carbonyl (C=O) groups is 1. The Morgan fingerprint density at radius 2 is 2.10 bits per heavy atom. The zero-order valence-corrected chi connectivity index (χ0v) is 11.4. The number of hydrogen-bond donors (Lipinski definition) is 1. The molecule has 0 atom stereocenters. The van der Waals surface area contributed by atoms with E-state index in [1.54, 1.807) is 13.0 Å². The third-order valence-electron chi connectivity index (χ3n) is 3.63. The first-order chi connectivity index (χ1) is 9.91. The summed E-state index contributed by atoms with van der Waals surface area (Å²) in [6.07, 6.45) is -2.60. The molecule has 1 aromatic heterocycles. The maximum atomic E-state index is 13.3. The lowest BCUT2D eigenvalue weighted by Crippen LogP contribution is -2.14. The molecule has 1 N–H and O–H groups in total. The fourth-order valence-corrected chi connectivity index (χ4v) is 2.53. The fraction of sp³-hybridized carbons (Fsp3) is 0.400. The predicted molar refractivity (Wildman–Crippen MR) is 71.2 cm³/mol. The molecular weight excluding hydrogens is 283 g/mol. The molecule has 1 aromatic carbocycles. The van der Waals surface area contributed by atoms with E-state index in [1.807, 2.05) is 6.07 Å². The van der Waals surface area contributed by atoms with Gasteiger partial charge in [-0.3, -0.25) is 0 Å². The number of hydrogen-bond acceptors (Lipinski definition) is 2. The van der Waals surface area contributed by atoms with Crippen LogP contribution in [0.3, 0.4) is 0 Å². The van der Waals surface area contributed by atoms with Crippen LogP contribution in [-0.4, -0.2) is 17.6 Å². The largest absolute Gasteiger partial charge is 0.461 e. The molecule has 0 bridgehead atoms. The Labute approximate surface area is 119 Å².